The lowest BCUT2D eigenvalue weighted by Crippen LogP contribution is -2.36. The van der Waals surface area contributed by atoms with E-state index in [0.717, 1.165) is 26.1 Å². The summed E-state index contributed by atoms with van der Waals surface area (Å²) >= 11 is 0. The van der Waals surface area contributed by atoms with E-state index in [2.05, 4.69) is 18.7 Å². The van der Waals surface area contributed by atoms with Crippen LogP contribution in [0.2, 0.25) is 0 Å². The first-order valence-electron chi connectivity index (χ1n) is 6.19. The van der Waals surface area contributed by atoms with E-state index in [1.807, 2.05) is 0 Å². The number of nitrogens with zero attached hydrogens (tertiary/aromatic N) is 1. The van der Waals surface area contributed by atoms with Gasteiger partial charge < -0.3 is 10.5 Å². The molecule has 0 aromatic heterocycles. The number of hydrogen-bond acceptors (Lipinski definition) is 3. The molecule has 0 rings (SSSR count). The van der Waals surface area contributed by atoms with Crippen LogP contribution in [0.15, 0.2) is 0 Å². The van der Waals surface area contributed by atoms with Gasteiger partial charge in [0, 0.05) is 19.7 Å². The summed E-state index contributed by atoms with van der Waals surface area (Å²) in [6.07, 6.45) is 4.86. The van der Waals surface area contributed by atoms with Gasteiger partial charge in [0.15, 0.2) is 0 Å². The van der Waals surface area contributed by atoms with Crippen molar-refractivity contribution in [1.82, 2.24) is 4.90 Å². The highest BCUT2D eigenvalue weighted by Crippen LogP contribution is 2.06. The first-order chi connectivity index (χ1) is 7.26. The molecule has 2 N–H and O–H groups in total. The van der Waals surface area contributed by atoms with Gasteiger partial charge in [-0.15, -0.1) is 0 Å². The molecule has 3 heteroatoms. The molecule has 0 saturated carbocycles. The first kappa shape index (κ1) is 14.9. The van der Waals surface area contributed by atoms with Crippen LogP contribution in [-0.2, 0) is 4.74 Å². The molecular weight excluding hydrogens is 188 g/mol. The summed E-state index contributed by atoms with van der Waals surface area (Å²) < 4.78 is 5.13. The molecule has 0 fully saturated rings. The van der Waals surface area contributed by atoms with Crippen LogP contribution in [0.1, 0.15) is 39.5 Å². The molecule has 15 heavy (non-hydrogen) atoms. The smallest absolute Gasteiger partial charge is 0.0589 e. The minimum Gasteiger partial charge on any atom is -0.383 e. The van der Waals surface area contributed by atoms with Crippen LogP contribution in [0.25, 0.3) is 0 Å². The summed E-state index contributed by atoms with van der Waals surface area (Å²) in [7, 11) is 1.77. The van der Waals surface area contributed by atoms with Gasteiger partial charge in [-0.2, -0.15) is 0 Å². The van der Waals surface area contributed by atoms with Crippen molar-refractivity contribution in [2.45, 2.75) is 45.6 Å². The SMILES string of the molecule is CCC(C)N(CCCCCN)CCOC. The fourth-order valence-electron chi connectivity index (χ4n) is 1.66. The molecule has 1 unspecified atom stereocenters. The third kappa shape index (κ3) is 7.77. The molecule has 0 amide bonds. The zero-order valence-electron chi connectivity index (χ0n) is 10.7. The topological polar surface area (TPSA) is 38.5 Å². The van der Waals surface area contributed by atoms with E-state index < -0.39 is 0 Å². The van der Waals surface area contributed by atoms with Crippen LogP contribution >= 0.6 is 0 Å². The Labute approximate surface area is 95.0 Å². The van der Waals surface area contributed by atoms with Gasteiger partial charge in [-0.05, 0) is 39.3 Å². The summed E-state index contributed by atoms with van der Waals surface area (Å²) in [5.41, 5.74) is 5.48. The number of ether oxygens (including phenoxy) is 1. The summed E-state index contributed by atoms with van der Waals surface area (Å²) in [5.74, 6) is 0. The number of unbranched alkanes of at least 4 members (excludes halogenated alkanes) is 2. The maximum absolute atomic E-state index is 5.48. The van der Waals surface area contributed by atoms with E-state index >= 15 is 0 Å². The predicted molar refractivity (Wildman–Crippen MR) is 66.1 cm³/mol. The number of rotatable bonds is 10. The summed E-state index contributed by atoms with van der Waals surface area (Å²) in [5, 5.41) is 0. The third-order valence-electron chi connectivity index (χ3n) is 2.95. The molecule has 92 valence electrons. The lowest BCUT2D eigenvalue weighted by Gasteiger charge is -2.28. The molecule has 0 aliphatic rings. The van der Waals surface area contributed by atoms with E-state index in [1.54, 1.807) is 7.11 Å². The van der Waals surface area contributed by atoms with Gasteiger partial charge in [-0.3, -0.25) is 4.90 Å². The zero-order valence-corrected chi connectivity index (χ0v) is 10.7. The van der Waals surface area contributed by atoms with Gasteiger partial charge in [0.05, 0.1) is 6.61 Å². The molecule has 0 aromatic carbocycles. The average Bonchev–Trinajstić information content (AvgIpc) is 2.27. The van der Waals surface area contributed by atoms with Gasteiger partial charge >= 0.3 is 0 Å². The van der Waals surface area contributed by atoms with E-state index in [9.17, 15) is 0 Å². The molecule has 0 heterocycles. The summed E-state index contributed by atoms with van der Waals surface area (Å²) in [6, 6.07) is 0.665. The van der Waals surface area contributed by atoms with Crippen LogP contribution < -0.4 is 5.73 Å². The highest BCUT2D eigenvalue weighted by Gasteiger charge is 2.10. The molecule has 1 atom stereocenters. The third-order valence-corrected chi connectivity index (χ3v) is 2.95. The molecule has 0 radical (unpaired) electrons. The Morgan fingerprint density at radius 1 is 1.20 bits per heavy atom. The van der Waals surface area contributed by atoms with Crippen molar-refractivity contribution in [2.24, 2.45) is 5.73 Å². The molecule has 0 aliphatic carbocycles. The largest absolute Gasteiger partial charge is 0.383 e. The standard InChI is InChI=1S/C12H28N2O/c1-4-12(2)14(10-11-15-3)9-7-5-6-8-13/h12H,4-11,13H2,1-3H3. The highest BCUT2D eigenvalue weighted by atomic mass is 16.5. The molecule has 0 saturated heterocycles. The monoisotopic (exact) mass is 216 g/mol. The molecular formula is C12H28N2O. The maximum Gasteiger partial charge on any atom is 0.0589 e. The van der Waals surface area contributed by atoms with Gasteiger partial charge in [0.1, 0.15) is 0 Å². The fraction of sp³-hybridized carbons (Fsp3) is 1.00. The lowest BCUT2D eigenvalue weighted by molar-refractivity contribution is 0.121. The minimum atomic E-state index is 0.665. The van der Waals surface area contributed by atoms with Crippen LogP contribution in [0.5, 0.6) is 0 Å². The Morgan fingerprint density at radius 3 is 2.47 bits per heavy atom. The predicted octanol–water partition coefficient (Wildman–Crippen LogP) is 1.86. The average molecular weight is 216 g/mol. The Kier molecular flexibility index (Phi) is 10.3. The van der Waals surface area contributed by atoms with Gasteiger partial charge in [-0.25, -0.2) is 0 Å². The molecule has 0 bridgehead atoms. The first-order valence-corrected chi connectivity index (χ1v) is 6.19. The van der Waals surface area contributed by atoms with E-state index in [-0.39, 0.29) is 0 Å². The van der Waals surface area contributed by atoms with Gasteiger partial charge in [0.2, 0.25) is 0 Å². The van der Waals surface area contributed by atoms with Crippen molar-refractivity contribution in [2.75, 3.05) is 33.4 Å². The lowest BCUT2D eigenvalue weighted by atomic mass is 10.2. The summed E-state index contributed by atoms with van der Waals surface area (Å²) in [4.78, 5) is 2.51. The van der Waals surface area contributed by atoms with Crippen LogP contribution in [0.3, 0.4) is 0 Å². The number of hydrogen-bond donors (Lipinski definition) is 1. The minimum absolute atomic E-state index is 0.665. The molecule has 3 nitrogen and oxygen atoms in total. The Morgan fingerprint density at radius 2 is 1.93 bits per heavy atom. The zero-order chi connectivity index (χ0) is 11.5. The second kappa shape index (κ2) is 10.4. The Balaban J connectivity index is 3.69. The van der Waals surface area contributed by atoms with Crippen molar-refractivity contribution in [1.29, 1.82) is 0 Å². The van der Waals surface area contributed by atoms with Crippen molar-refractivity contribution < 1.29 is 4.74 Å². The van der Waals surface area contributed by atoms with Gasteiger partial charge in [0.25, 0.3) is 0 Å². The second-order valence-electron chi connectivity index (χ2n) is 4.14. The normalized spacial score (nSPS) is 13.4. The molecule has 0 spiro atoms. The van der Waals surface area contributed by atoms with Crippen molar-refractivity contribution in [3.8, 4) is 0 Å². The molecule has 0 aliphatic heterocycles. The van der Waals surface area contributed by atoms with Crippen LogP contribution in [-0.4, -0.2) is 44.3 Å². The van der Waals surface area contributed by atoms with Crippen molar-refractivity contribution in [3.05, 3.63) is 0 Å². The maximum atomic E-state index is 5.48. The Bertz CT molecular complexity index is 131. The number of nitrogens with two attached hydrogens (primary N) is 1. The molecule has 0 aromatic rings. The second-order valence-corrected chi connectivity index (χ2v) is 4.14. The van der Waals surface area contributed by atoms with E-state index in [4.69, 9.17) is 10.5 Å². The van der Waals surface area contributed by atoms with Crippen molar-refractivity contribution in [3.63, 3.8) is 0 Å². The van der Waals surface area contributed by atoms with E-state index in [0.29, 0.717) is 6.04 Å². The fourth-order valence-corrected chi connectivity index (χ4v) is 1.66. The number of methoxy groups -OCH3 is 1. The van der Waals surface area contributed by atoms with Gasteiger partial charge in [-0.1, -0.05) is 13.3 Å². The van der Waals surface area contributed by atoms with E-state index in [1.165, 1.54) is 25.8 Å². The Hall–Kier alpha value is -0.120. The van der Waals surface area contributed by atoms with Crippen LogP contribution in [0, 0.1) is 0 Å². The van der Waals surface area contributed by atoms with Crippen molar-refractivity contribution >= 4 is 0 Å². The van der Waals surface area contributed by atoms with Crippen LogP contribution in [0.4, 0.5) is 0 Å². The highest BCUT2D eigenvalue weighted by molar-refractivity contribution is 4.65. The summed E-state index contributed by atoms with van der Waals surface area (Å²) in [6.45, 7) is 8.41. The quantitative estimate of drug-likeness (QED) is 0.567.